The van der Waals surface area contributed by atoms with Crippen LogP contribution in [0.4, 0.5) is 0 Å². The van der Waals surface area contributed by atoms with Gasteiger partial charge in [0.05, 0.1) is 11.9 Å². The average Bonchev–Trinajstić information content (AvgIpc) is 3.33. The lowest BCUT2D eigenvalue weighted by molar-refractivity contribution is 0.306. The molecule has 0 radical (unpaired) electrons. The van der Waals surface area contributed by atoms with E-state index < -0.39 is 10.0 Å². The molecule has 3 aromatic heterocycles. The van der Waals surface area contributed by atoms with Crippen molar-refractivity contribution in [2.75, 3.05) is 19.3 Å². The van der Waals surface area contributed by atoms with Crippen LogP contribution in [0.5, 0.6) is 0 Å². The third-order valence-corrected chi connectivity index (χ3v) is 8.01. The van der Waals surface area contributed by atoms with Gasteiger partial charge in [0.25, 0.3) is 5.56 Å². The number of fused-ring (bicyclic) bond motifs is 1. The maximum atomic E-state index is 12.2. The summed E-state index contributed by atoms with van der Waals surface area (Å²) in [6.45, 7) is 5.31. The van der Waals surface area contributed by atoms with Gasteiger partial charge in [-0.25, -0.2) is 17.7 Å². The first-order valence-corrected chi connectivity index (χ1v) is 13.2. The Hall–Kier alpha value is -2.02. The maximum Gasteiger partial charge on any atom is 0.258 e. The van der Waals surface area contributed by atoms with Gasteiger partial charge in [0.15, 0.2) is 10.1 Å². The summed E-state index contributed by atoms with van der Waals surface area (Å²) in [5, 5.41) is 11.3. The molecule has 4 heterocycles. The maximum absolute atomic E-state index is 12.2. The molecule has 0 bridgehead atoms. The Morgan fingerprint density at radius 2 is 2.23 bits per heavy atom. The van der Waals surface area contributed by atoms with Crippen LogP contribution < -0.4 is 5.56 Å². The number of sulfonamides is 1. The fourth-order valence-corrected chi connectivity index (χ4v) is 6.06. The minimum atomic E-state index is -3.24. The highest BCUT2D eigenvalue weighted by Crippen LogP contribution is 2.30. The Bertz CT molecular complexity index is 1230. The normalized spacial score (nSPS) is 18.1. The number of thiazole rings is 1. The minimum Gasteiger partial charge on any atom is -0.302 e. The van der Waals surface area contributed by atoms with Crippen molar-refractivity contribution in [1.82, 2.24) is 28.5 Å². The van der Waals surface area contributed by atoms with Crippen LogP contribution in [0.25, 0.3) is 4.96 Å². The highest BCUT2D eigenvalue weighted by atomic mass is 32.2. The predicted molar refractivity (Wildman–Crippen MR) is 118 cm³/mol. The molecular formula is C18H22N6O3S3. The van der Waals surface area contributed by atoms with Gasteiger partial charge in [-0.1, -0.05) is 17.8 Å². The summed E-state index contributed by atoms with van der Waals surface area (Å²) in [6, 6.07) is 1.53. The van der Waals surface area contributed by atoms with Gasteiger partial charge in [-0.15, -0.1) is 28.1 Å². The largest absolute Gasteiger partial charge is 0.302 e. The third-order valence-electron chi connectivity index (χ3n) is 4.98. The minimum absolute atomic E-state index is 0.0134. The van der Waals surface area contributed by atoms with E-state index >= 15 is 0 Å². The summed E-state index contributed by atoms with van der Waals surface area (Å²) in [5.74, 6) is 1.24. The molecule has 0 amide bonds. The summed E-state index contributed by atoms with van der Waals surface area (Å²) in [6.07, 6.45) is 6.37. The molecule has 1 saturated heterocycles. The van der Waals surface area contributed by atoms with E-state index in [0.717, 1.165) is 18.7 Å². The molecule has 3 aromatic rings. The molecule has 4 rings (SSSR count). The van der Waals surface area contributed by atoms with Crippen LogP contribution in [0.2, 0.25) is 0 Å². The Morgan fingerprint density at radius 3 is 3.00 bits per heavy atom. The van der Waals surface area contributed by atoms with E-state index in [1.807, 2.05) is 9.95 Å². The number of rotatable bonds is 7. The fraction of sp³-hybridized carbons (Fsp3) is 0.444. The first-order valence-electron chi connectivity index (χ1n) is 9.44. The molecule has 0 saturated carbocycles. The van der Waals surface area contributed by atoms with Crippen LogP contribution in [-0.4, -0.2) is 56.2 Å². The van der Waals surface area contributed by atoms with E-state index in [0.29, 0.717) is 41.2 Å². The Kier molecular flexibility index (Phi) is 6.09. The molecular weight excluding hydrogens is 444 g/mol. The zero-order valence-electron chi connectivity index (χ0n) is 16.5. The van der Waals surface area contributed by atoms with Crippen LogP contribution in [0.1, 0.15) is 30.3 Å². The number of piperidine rings is 1. The zero-order chi connectivity index (χ0) is 21.3. The lowest BCUT2D eigenvalue weighted by Crippen LogP contribution is -2.39. The van der Waals surface area contributed by atoms with Crippen LogP contribution >= 0.6 is 23.1 Å². The number of hydrogen-bond donors (Lipinski definition) is 0. The standard InChI is InChI=1S/C18H22N6O3S3/c1-3-6-24-16(13-5-4-7-22(11-13)30(2,26)27)20-21-18(24)29-12-14-10-15(25)23-8-9-28-17(23)19-14/h3,8-10,13H,1,4-7,11-12H2,2H3/t13-/m1/s1. The van der Waals surface area contributed by atoms with Gasteiger partial charge in [-0.3, -0.25) is 9.20 Å². The molecule has 1 fully saturated rings. The number of nitrogens with zero attached hydrogens (tertiary/aromatic N) is 6. The van der Waals surface area contributed by atoms with Gasteiger partial charge >= 0.3 is 0 Å². The van der Waals surface area contributed by atoms with Gasteiger partial charge in [0, 0.05) is 48.9 Å². The summed E-state index contributed by atoms with van der Waals surface area (Å²) < 4.78 is 28.9. The van der Waals surface area contributed by atoms with Crippen molar-refractivity contribution in [1.29, 1.82) is 0 Å². The van der Waals surface area contributed by atoms with E-state index in [-0.39, 0.29) is 11.5 Å². The zero-order valence-corrected chi connectivity index (χ0v) is 18.9. The summed E-state index contributed by atoms with van der Waals surface area (Å²) >= 11 is 2.87. The molecule has 1 atom stereocenters. The van der Waals surface area contributed by atoms with Crippen molar-refractivity contribution >= 4 is 38.1 Å². The quantitative estimate of drug-likeness (QED) is 0.387. The van der Waals surface area contributed by atoms with Crippen LogP contribution in [0, 0.1) is 0 Å². The van der Waals surface area contributed by atoms with Crippen LogP contribution in [0.15, 0.2) is 40.2 Å². The van der Waals surface area contributed by atoms with E-state index in [4.69, 9.17) is 0 Å². The number of allylic oxidation sites excluding steroid dienone is 1. The second-order valence-corrected chi connectivity index (χ2v) is 10.9. The van der Waals surface area contributed by atoms with Crippen molar-refractivity contribution < 1.29 is 8.42 Å². The van der Waals surface area contributed by atoms with Gasteiger partial charge in [0.1, 0.15) is 5.82 Å². The highest BCUT2D eigenvalue weighted by molar-refractivity contribution is 7.98. The number of thioether (sulfide) groups is 1. The van der Waals surface area contributed by atoms with Crippen molar-refractivity contribution in [3.8, 4) is 0 Å². The highest BCUT2D eigenvalue weighted by Gasteiger charge is 2.30. The van der Waals surface area contributed by atoms with E-state index in [1.165, 1.54) is 44.1 Å². The smallest absolute Gasteiger partial charge is 0.258 e. The second-order valence-electron chi connectivity index (χ2n) is 7.13. The molecule has 0 spiro atoms. The average molecular weight is 467 g/mol. The molecule has 0 unspecified atom stereocenters. The van der Waals surface area contributed by atoms with Crippen molar-refractivity contribution in [2.45, 2.75) is 36.2 Å². The Morgan fingerprint density at radius 1 is 1.40 bits per heavy atom. The molecule has 0 N–H and O–H groups in total. The second kappa shape index (κ2) is 8.61. The van der Waals surface area contributed by atoms with Crippen LogP contribution in [0.3, 0.4) is 0 Å². The van der Waals surface area contributed by atoms with Crippen molar-refractivity contribution in [3.05, 3.63) is 52.2 Å². The van der Waals surface area contributed by atoms with E-state index in [1.54, 1.807) is 12.3 Å². The Balaban J connectivity index is 1.56. The van der Waals surface area contributed by atoms with Gasteiger partial charge in [0.2, 0.25) is 10.0 Å². The van der Waals surface area contributed by atoms with Crippen molar-refractivity contribution in [2.24, 2.45) is 0 Å². The molecule has 30 heavy (non-hydrogen) atoms. The first kappa shape index (κ1) is 21.2. The monoisotopic (exact) mass is 466 g/mol. The molecule has 1 aliphatic heterocycles. The van der Waals surface area contributed by atoms with Crippen molar-refractivity contribution in [3.63, 3.8) is 0 Å². The number of aromatic nitrogens is 5. The van der Waals surface area contributed by atoms with E-state index in [2.05, 4.69) is 21.8 Å². The molecule has 1 aliphatic rings. The fourth-order valence-electron chi connectivity index (χ4n) is 3.56. The summed E-state index contributed by atoms with van der Waals surface area (Å²) in [4.78, 5) is 17.4. The SMILES string of the molecule is C=CCn1c(SCc2cc(=O)n3ccsc3n2)nnc1[C@@H]1CCCN(S(C)(=O)=O)C1. The predicted octanol–water partition coefficient (Wildman–Crippen LogP) is 1.96. The Labute approximate surface area is 182 Å². The van der Waals surface area contributed by atoms with Crippen LogP contribution in [-0.2, 0) is 22.3 Å². The van der Waals surface area contributed by atoms with Gasteiger partial charge in [-0.05, 0) is 12.8 Å². The lowest BCUT2D eigenvalue weighted by Gasteiger charge is -2.30. The van der Waals surface area contributed by atoms with Gasteiger partial charge in [-0.2, -0.15) is 0 Å². The van der Waals surface area contributed by atoms with E-state index in [9.17, 15) is 13.2 Å². The summed E-state index contributed by atoms with van der Waals surface area (Å²) in [5.41, 5.74) is 0.580. The molecule has 9 nitrogen and oxygen atoms in total. The molecule has 0 aliphatic carbocycles. The lowest BCUT2D eigenvalue weighted by atomic mass is 9.99. The molecule has 0 aromatic carbocycles. The summed E-state index contributed by atoms with van der Waals surface area (Å²) in [7, 11) is -3.24. The molecule has 160 valence electrons. The topological polar surface area (TPSA) is 102 Å². The third kappa shape index (κ3) is 4.36. The number of hydrogen-bond acceptors (Lipinski definition) is 8. The van der Waals surface area contributed by atoms with Gasteiger partial charge < -0.3 is 4.57 Å². The molecule has 12 heteroatoms. The first-order chi connectivity index (χ1) is 14.4.